The molecule has 0 amide bonds. The van der Waals surface area contributed by atoms with Crippen LogP contribution in [0, 0.1) is 0 Å². The molecule has 0 saturated heterocycles. The fraction of sp³-hybridized carbons (Fsp3) is 0.625. The zero-order chi connectivity index (χ0) is 9.84. The fourth-order valence-electron chi connectivity index (χ4n) is 0.936. The van der Waals surface area contributed by atoms with Gasteiger partial charge in [0.2, 0.25) is 5.88 Å². The van der Waals surface area contributed by atoms with E-state index in [2.05, 4.69) is 4.98 Å². The molecule has 13 heavy (non-hydrogen) atoms. The summed E-state index contributed by atoms with van der Waals surface area (Å²) in [4.78, 5) is 7.18. The molecule has 0 spiro atoms. The summed E-state index contributed by atoms with van der Waals surface area (Å²) in [6.45, 7) is 0.130. The van der Waals surface area contributed by atoms with Crippen molar-refractivity contribution in [1.82, 2.24) is 4.98 Å². The predicted octanol–water partition coefficient (Wildman–Crippen LogP) is 0.752. The molecule has 1 N–H and O–H groups in total. The van der Waals surface area contributed by atoms with Crippen molar-refractivity contribution in [3.63, 3.8) is 0 Å². The number of thiazole rings is 1. The van der Waals surface area contributed by atoms with Crippen LogP contribution in [0.3, 0.4) is 0 Å². The Morgan fingerprint density at radius 3 is 2.69 bits per heavy atom. The lowest BCUT2D eigenvalue weighted by Crippen LogP contribution is -2.07. The van der Waals surface area contributed by atoms with Crippen LogP contribution in [-0.4, -0.2) is 37.9 Å². The van der Waals surface area contributed by atoms with E-state index in [9.17, 15) is 0 Å². The molecular formula is C8H14N2O2S. The summed E-state index contributed by atoms with van der Waals surface area (Å²) in [7, 11) is 5.46. The Hall–Kier alpha value is -0.810. The zero-order valence-corrected chi connectivity index (χ0v) is 8.89. The standard InChI is InChI=1S/C8H14N2O2S/c1-10(2)8-9-7(12-3)6(13-8)4-5-11/h11H,4-5H2,1-3H3. The SMILES string of the molecule is COc1nc(N(C)C)sc1CCO. The Balaban J connectivity index is 2.90. The van der Waals surface area contributed by atoms with Crippen LogP contribution in [-0.2, 0) is 6.42 Å². The Bertz CT molecular complexity index is 273. The number of anilines is 1. The van der Waals surface area contributed by atoms with Crippen LogP contribution in [0.4, 0.5) is 5.13 Å². The lowest BCUT2D eigenvalue weighted by Gasteiger charge is -2.04. The van der Waals surface area contributed by atoms with E-state index in [1.807, 2.05) is 19.0 Å². The van der Waals surface area contributed by atoms with Gasteiger partial charge < -0.3 is 14.7 Å². The first-order valence-corrected chi connectivity index (χ1v) is 4.82. The Labute approximate surface area is 81.8 Å². The van der Waals surface area contributed by atoms with Gasteiger partial charge in [0, 0.05) is 27.1 Å². The molecule has 5 heteroatoms. The molecule has 0 fully saturated rings. The summed E-state index contributed by atoms with van der Waals surface area (Å²) < 4.78 is 5.09. The third-order valence-corrected chi connectivity index (χ3v) is 2.83. The van der Waals surface area contributed by atoms with E-state index in [-0.39, 0.29) is 6.61 Å². The van der Waals surface area contributed by atoms with Crippen molar-refractivity contribution in [3.05, 3.63) is 4.88 Å². The van der Waals surface area contributed by atoms with E-state index in [1.54, 1.807) is 18.4 Å². The molecule has 0 radical (unpaired) electrons. The quantitative estimate of drug-likeness (QED) is 0.782. The molecule has 0 aliphatic carbocycles. The number of hydrogen-bond donors (Lipinski definition) is 1. The van der Waals surface area contributed by atoms with Crippen LogP contribution >= 0.6 is 11.3 Å². The third-order valence-electron chi connectivity index (χ3n) is 1.57. The third kappa shape index (κ3) is 2.32. The van der Waals surface area contributed by atoms with Crippen LogP contribution in [0.25, 0.3) is 0 Å². The maximum Gasteiger partial charge on any atom is 0.229 e. The van der Waals surface area contributed by atoms with Crippen molar-refractivity contribution in [2.24, 2.45) is 0 Å². The lowest BCUT2D eigenvalue weighted by molar-refractivity contribution is 0.297. The molecule has 1 rings (SSSR count). The van der Waals surface area contributed by atoms with Crippen LogP contribution in [0.15, 0.2) is 0 Å². The Morgan fingerprint density at radius 2 is 2.23 bits per heavy atom. The summed E-state index contributed by atoms with van der Waals surface area (Å²) in [5, 5.41) is 9.70. The summed E-state index contributed by atoms with van der Waals surface area (Å²) in [5.41, 5.74) is 0. The van der Waals surface area contributed by atoms with Crippen molar-refractivity contribution < 1.29 is 9.84 Å². The maximum atomic E-state index is 8.80. The highest BCUT2D eigenvalue weighted by Gasteiger charge is 2.11. The minimum Gasteiger partial charge on any atom is -0.480 e. The summed E-state index contributed by atoms with van der Waals surface area (Å²) >= 11 is 1.55. The number of aliphatic hydroxyl groups is 1. The van der Waals surface area contributed by atoms with E-state index < -0.39 is 0 Å². The molecule has 0 bridgehead atoms. The molecular weight excluding hydrogens is 188 g/mol. The number of rotatable bonds is 4. The van der Waals surface area contributed by atoms with E-state index >= 15 is 0 Å². The van der Waals surface area contributed by atoms with Crippen molar-refractivity contribution in [3.8, 4) is 5.88 Å². The molecule has 0 aliphatic heterocycles. The molecule has 0 aliphatic rings. The van der Waals surface area contributed by atoms with Crippen LogP contribution < -0.4 is 9.64 Å². The van der Waals surface area contributed by atoms with E-state index in [0.29, 0.717) is 12.3 Å². The first kappa shape index (κ1) is 10.3. The van der Waals surface area contributed by atoms with Crippen LogP contribution in [0.5, 0.6) is 5.88 Å². The molecule has 0 saturated carbocycles. The molecule has 4 nitrogen and oxygen atoms in total. The molecule has 1 aromatic heterocycles. The van der Waals surface area contributed by atoms with Gasteiger partial charge in [0.05, 0.1) is 12.0 Å². The number of ether oxygens (including phenoxy) is 1. The number of aliphatic hydroxyl groups excluding tert-OH is 1. The molecule has 1 aromatic rings. The van der Waals surface area contributed by atoms with Crippen LogP contribution in [0.1, 0.15) is 4.88 Å². The normalized spacial score (nSPS) is 10.2. The number of aromatic nitrogens is 1. The minimum absolute atomic E-state index is 0.130. The number of nitrogens with zero attached hydrogens (tertiary/aromatic N) is 2. The van der Waals surface area contributed by atoms with Gasteiger partial charge in [-0.1, -0.05) is 11.3 Å². The maximum absolute atomic E-state index is 8.80. The monoisotopic (exact) mass is 202 g/mol. The molecule has 0 aromatic carbocycles. The van der Waals surface area contributed by atoms with E-state index in [1.165, 1.54) is 0 Å². The number of methoxy groups -OCH3 is 1. The molecule has 74 valence electrons. The lowest BCUT2D eigenvalue weighted by atomic mass is 10.4. The van der Waals surface area contributed by atoms with Gasteiger partial charge in [0.25, 0.3) is 0 Å². The van der Waals surface area contributed by atoms with Gasteiger partial charge in [-0.25, -0.2) is 0 Å². The average molecular weight is 202 g/mol. The van der Waals surface area contributed by atoms with Gasteiger partial charge >= 0.3 is 0 Å². The zero-order valence-electron chi connectivity index (χ0n) is 8.07. The Morgan fingerprint density at radius 1 is 1.54 bits per heavy atom. The second kappa shape index (κ2) is 4.43. The topological polar surface area (TPSA) is 45.6 Å². The highest BCUT2D eigenvalue weighted by atomic mass is 32.1. The van der Waals surface area contributed by atoms with E-state index in [0.717, 1.165) is 10.0 Å². The first-order valence-electron chi connectivity index (χ1n) is 4.01. The smallest absolute Gasteiger partial charge is 0.229 e. The fourth-order valence-corrected chi connectivity index (χ4v) is 1.88. The van der Waals surface area contributed by atoms with Gasteiger partial charge in [-0.15, -0.1) is 0 Å². The Kier molecular flexibility index (Phi) is 3.50. The van der Waals surface area contributed by atoms with Gasteiger partial charge in [-0.3, -0.25) is 0 Å². The van der Waals surface area contributed by atoms with Crippen LogP contribution in [0.2, 0.25) is 0 Å². The number of hydrogen-bond acceptors (Lipinski definition) is 5. The van der Waals surface area contributed by atoms with Gasteiger partial charge in [-0.2, -0.15) is 4.98 Å². The molecule has 0 unspecified atom stereocenters. The first-order chi connectivity index (χ1) is 6.19. The largest absolute Gasteiger partial charge is 0.480 e. The van der Waals surface area contributed by atoms with Gasteiger partial charge in [0.1, 0.15) is 0 Å². The highest BCUT2D eigenvalue weighted by Crippen LogP contribution is 2.30. The van der Waals surface area contributed by atoms with Crippen molar-refractivity contribution in [2.45, 2.75) is 6.42 Å². The summed E-state index contributed by atoms with van der Waals surface area (Å²) in [5.74, 6) is 0.628. The minimum atomic E-state index is 0.130. The second-order valence-electron chi connectivity index (χ2n) is 2.80. The molecule has 0 atom stereocenters. The molecule has 1 heterocycles. The summed E-state index contributed by atoms with van der Waals surface area (Å²) in [6, 6.07) is 0. The van der Waals surface area contributed by atoms with Crippen molar-refractivity contribution in [1.29, 1.82) is 0 Å². The van der Waals surface area contributed by atoms with E-state index in [4.69, 9.17) is 9.84 Å². The van der Waals surface area contributed by atoms with Gasteiger partial charge in [0.15, 0.2) is 5.13 Å². The van der Waals surface area contributed by atoms with Crippen molar-refractivity contribution in [2.75, 3.05) is 32.7 Å². The summed E-state index contributed by atoms with van der Waals surface area (Å²) in [6.07, 6.45) is 0.606. The van der Waals surface area contributed by atoms with Gasteiger partial charge in [-0.05, 0) is 0 Å². The second-order valence-corrected chi connectivity index (χ2v) is 3.86. The highest BCUT2D eigenvalue weighted by molar-refractivity contribution is 7.15. The average Bonchev–Trinajstić information content (AvgIpc) is 2.48. The van der Waals surface area contributed by atoms with Crippen molar-refractivity contribution >= 4 is 16.5 Å². The predicted molar refractivity (Wildman–Crippen MR) is 53.8 cm³/mol.